The van der Waals surface area contributed by atoms with E-state index in [0.717, 1.165) is 37.6 Å². The van der Waals surface area contributed by atoms with Gasteiger partial charge in [0.25, 0.3) is 0 Å². The molecule has 1 heterocycles. The molecular formula is C18H34N4. The molecule has 0 aromatic rings. The molecule has 3 rings (SSSR count). The van der Waals surface area contributed by atoms with Crippen LogP contribution in [0.25, 0.3) is 0 Å². The van der Waals surface area contributed by atoms with E-state index >= 15 is 0 Å². The average molecular weight is 306 g/mol. The highest BCUT2D eigenvalue weighted by atomic mass is 15.4. The van der Waals surface area contributed by atoms with Crippen LogP contribution in [0.4, 0.5) is 0 Å². The van der Waals surface area contributed by atoms with Gasteiger partial charge in [0.2, 0.25) is 0 Å². The first-order chi connectivity index (χ1) is 10.3. The summed E-state index contributed by atoms with van der Waals surface area (Å²) < 4.78 is 0. The van der Waals surface area contributed by atoms with E-state index < -0.39 is 0 Å². The van der Waals surface area contributed by atoms with Crippen molar-refractivity contribution in [2.75, 3.05) is 33.2 Å². The second-order valence-electron chi connectivity index (χ2n) is 8.67. The first kappa shape index (κ1) is 16.1. The van der Waals surface area contributed by atoms with E-state index in [-0.39, 0.29) is 5.54 Å². The van der Waals surface area contributed by atoms with Crippen molar-refractivity contribution in [2.45, 2.75) is 65.0 Å². The standard InChI is InChI=1S/C18H34N4/c1-17(2)13-22(18(17,3)4)16(19-5)20-10-11-21(15-8-9-15)12-14-6-7-14/h14-15H,6-13H2,1-5H3,(H,19,20). The molecule has 0 spiro atoms. The molecule has 4 nitrogen and oxygen atoms in total. The van der Waals surface area contributed by atoms with Crippen molar-refractivity contribution in [3.8, 4) is 0 Å². The number of nitrogens with one attached hydrogen (secondary N) is 1. The number of nitrogens with zero attached hydrogens (tertiary/aromatic N) is 3. The molecule has 2 aliphatic carbocycles. The Morgan fingerprint density at radius 3 is 2.32 bits per heavy atom. The first-order valence-corrected chi connectivity index (χ1v) is 9.07. The summed E-state index contributed by atoms with van der Waals surface area (Å²) in [5.74, 6) is 2.07. The van der Waals surface area contributed by atoms with E-state index in [9.17, 15) is 0 Å². The predicted octanol–water partition coefficient (Wildman–Crippen LogP) is 2.56. The Hall–Kier alpha value is -0.770. The Morgan fingerprint density at radius 1 is 1.18 bits per heavy atom. The van der Waals surface area contributed by atoms with E-state index in [4.69, 9.17) is 0 Å². The molecule has 0 unspecified atom stereocenters. The second kappa shape index (κ2) is 5.70. The molecule has 126 valence electrons. The van der Waals surface area contributed by atoms with E-state index in [2.05, 4.69) is 47.8 Å². The van der Waals surface area contributed by atoms with Crippen molar-refractivity contribution in [1.29, 1.82) is 0 Å². The maximum atomic E-state index is 4.51. The molecule has 22 heavy (non-hydrogen) atoms. The van der Waals surface area contributed by atoms with Crippen LogP contribution < -0.4 is 5.32 Å². The molecule has 0 aromatic heterocycles. The van der Waals surface area contributed by atoms with Gasteiger partial charge in [0.1, 0.15) is 0 Å². The minimum atomic E-state index is 0.180. The van der Waals surface area contributed by atoms with Gasteiger partial charge in [-0.1, -0.05) is 13.8 Å². The highest BCUT2D eigenvalue weighted by molar-refractivity contribution is 5.82. The highest BCUT2D eigenvalue weighted by Gasteiger charge is 2.53. The molecule has 1 N–H and O–H groups in total. The quantitative estimate of drug-likeness (QED) is 0.604. The fourth-order valence-electron chi connectivity index (χ4n) is 3.50. The topological polar surface area (TPSA) is 30.9 Å². The zero-order valence-electron chi connectivity index (χ0n) is 15.2. The van der Waals surface area contributed by atoms with Gasteiger partial charge in [0, 0.05) is 50.2 Å². The number of rotatable bonds is 6. The van der Waals surface area contributed by atoms with Crippen molar-refractivity contribution in [3.05, 3.63) is 0 Å². The summed E-state index contributed by atoms with van der Waals surface area (Å²) >= 11 is 0. The lowest BCUT2D eigenvalue weighted by atomic mass is 9.65. The molecule has 4 heteroatoms. The van der Waals surface area contributed by atoms with Crippen LogP contribution in [0.1, 0.15) is 53.4 Å². The van der Waals surface area contributed by atoms with Crippen LogP contribution in [0.3, 0.4) is 0 Å². The molecule has 3 aliphatic rings. The third-order valence-corrected chi connectivity index (χ3v) is 6.29. The van der Waals surface area contributed by atoms with Crippen molar-refractivity contribution in [3.63, 3.8) is 0 Å². The van der Waals surface area contributed by atoms with Crippen LogP contribution in [-0.2, 0) is 0 Å². The smallest absolute Gasteiger partial charge is 0.194 e. The predicted molar refractivity (Wildman–Crippen MR) is 93.2 cm³/mol. The molecule has 0 aromatic carbocycles. The summed E-state index contributed by atoms with van der Waals surface area (Å²) in [5, 5.41) is 3.61. The average Bonchev–Trinajstić information content (AvgIpc) is 3.34. The minimum absolute atomic E-state index is 0.180. The van der Waals surface area contributed by atoms with Gasteiger partial charge in [-0.3, -0.25) is 9.89 Å². The summed E-state index contributed by atoms with van der Waals surface area (Å²) in [6.07, 6.45) is 5.73. The van der Waals surface area contributed by atoms with Gasteiger partial charge >= 0.3 is 0 Å². The van der Waals surface area contributed by atoms with E-state index in [1.165, 1.54) is 32.2 Å². The van der Waals surface area contributed by atoms with Gasteiger partial charge < -0.3 is 10.2 Å². The summed E-state index contributed by atoms with van der Waals surface area (Å²) in [4.78, 5) is 9.65. The highest BCUT2D eigenvalue weighted by Crippen LogP contribution is 2.46. The number of aliphatic imine (C=N–C) groups is 1. The lowest BCUT2D eigenvalue weighted by Gasteiger charge is -2.62. The van der Waals surface area contributed by atoms with Crippen LogP contribution in [0.2, 0.25) is 0 Å². The molecule has 1 saturated heterocycles. The van der Waals surface area contributed by atoms with E-state index in [1.54, 1.807) is 0 Å². The molecule has 0 amide bonds. The Morgan fingerprint density at radius 2 is 1.86 bits per heavy atom. The molecule has 0 bridgehead atoms. The van der Waals surface area contributed by atoms with Gasteiger partial charge in [-0.25, -0.2) is 0 Å². The van der Waals surface area contributed by atoms with Crippen molar-refractivity contribution in [1.82, 2.24) is 15.1 Å². The monoisotopic (exact) mass is 306 g/mol. The SMILES string of the molecule is CN=C(NCCN(CC1CC1)C1CC1)N1CC(C)(C)C1(C)C. The maximum Gasteiger partial charge on any atom is 0.194 e. The molecule has 3 fully saturated rings. The Bertz CT molecular complexity index is 432. The lowest BCUT2D eigenvalue weighted by molar-refractivity contribution is -0.0667. The number of hydrogen-bond donors (Lipinski definition) is 1. The minimum Gasteiger partial charge on any atom is -0.355 e. The third kappa shape index (κ3) is 3.12. The van der Waals surface area contributed by atoms with Crippen LogP contribution in [0.5, 0.6) is 0 Å². The lowest BCUT2D eigenvalue weighted by Crippen LogP contribution is -2.72. The molecule has 1 aliphatic heterocycles. The molecular weight excluding hydrogens is 272 g/mol. The van der Waals surface area contributed by atoms with Gasteiger partial charge in [0.05, 0.1) is 0 Å². The van der Waals surface area contributed by atoms with Crippen LogP contribution in [0, 0.1) is 11.3 Å². The van der Waals surface area contributed by atoms with Crippen molar-refractivity contribution < 1.29 is 0 Å². The largest absolute Gasteiger partial charge is 0.355 e. The molecule has 2 saturated carbocycles. The van der Waals surface area contributed by atoms with E-state index in [1.807, 2.05) is 7.05 Å². The van der Waals surface area contributed by atoms with Crippen LogP contribution in [0.15, 0.2) is 4.99 Å². The first-order valence-electron chi connectivity index (χ1n) is 9.07. The van der Waals surface area contributed by atoms with Crippen molar-refractivity contribution in [2.24, 2.45) is 16.3 Å². The number of likely N-dealkylation sites (tertiary alicyclic amines) is 1. The van der Waals surface area contributed by atoms with E-state index in [0.29, 0.717) is 5.41 Å². The summed E-state index contributed by atoms with van der Waals surface area (Å²) in [7, 11) is 1.91. The number of guanidine groups is 1. The fourth-order valence-corrected chi connectivity index (χ4v) is 3.50. The Balaban J connectivity index is 1.47. The van der Waals surface area contributed by atoms with Gasteiger partial charge in [0.15, 0.2) is 5.96 Å². The normalized spacial score (nSPS) is 27.0. The fraction of sp³-hybridized carbons (Fsp3) is 0.944. The Labute approximate surface area is 136 Å². The van der Waals surface area contributed by atoms with Gasteiger partial charge in [-0.05, 0) is 45.4 Å². The zero-order chi connectivity index (χ0) is 16.0. The zero-order valence-corrected chi connectivity index (χ0v) is 15.2. The Kier molecular flexibility index (Phi) is 4.17. The van der Waals surface area contributed by atoms with Gasteiger partial charge in [-0.15, -0.1) is 0 Å². The summed E-state index contributed by atoms with van der Waals surface area (Å²) in [5.41, 5.74) is 0.537. The summed E-state index contributed by atoms with van der Waals surface area (Å²) in [6.45, 7) is 13.9. The van der Waals surface area contributed by atoms with Gasteiger partial charge in [-0.2, -0.15) is 0 Å². The molecule has 0 radical (unpaired) electrons. The second-order valence-corrected chi connectivity index (χ2v) is 8.67. The van der Waals surface area contributed by atoms with Crippen LogP contribution in [-0.4, -0.2) is 60.6 Å². The molecule has 0 atom stereocenters. The summed E-state index contributed by atoms with van der Waals surface area (Å²) in [6, 6.07) is 0.879. The maximum absolute atomic E-state index is 4.51. The van der Waals surface area contributed by atoms with Crippen molar-refractivity contribution >= 4 is 5.96 Å². The number of hydrogen-bond acceptors (Lipinski definition) is 2. The third-order valence-electron chi connectivity index (χ3n) is 6.29. The van der Waals surface area contributed by atoms with Crippen LogP contribution >= 0.6 is 0 Å².